The van der Waals surface area contributed by atoms with Crippen molar-refractivity contribution in [3.8, 4) is 0 Å². The summed E-state index contributed by atoms with van der Waals surface area (Å²) in [6.45, 7) is 5.59. The van der Waals surface area contributed by atoms with E-state index in [4.69, 9.17) is 9.47 Å². The molecule has 0 unspecified atom stereocenters. The number of ketones is 1. The zero-order chi connectivity index (χ0) is 14.4. The second kappa shape index (κ2) is 3.45. The fraction of sp³-hybridized carbons (Fsp3) is 0.867. The molecule has 4 fully saturated rings. The van der Waals surface area contributed by atoms with Gasteiger partial charge in [-0.05, 0) is 25.7 Å². The van der Waals surface area contributed by atoms with E-state index in [1.54, 1.807) is 0 Å². The number of ether oxygens (including phenoxy) is 2. The van der Waals surface area contributed by atoms with Crippen LogP contribution in [0.2, 0.25) is 0 Å². The number of fused-ring (bicyclic) bond motifs is 4. The van der Waals surface area contributed by atoms with Crippen molar-refractivity contribution in [2.75, 3.05) is 0 Å². The Morgan fingerprint density at radius 3 is 2.65 bits per heavy atom. The van der Waals surface area contributed by atoms with Crippen molar-refractivity contribution in [2.45, 2.75) is 57.5 Å². The van der Waals surface area contributed by atoms with Gasteiger partial charge < -0.3 is 14.6 Å². The third-order valence-corrected chi connectivity index (χ3v) is 6.27. The van der Waals surface area contributed by atoms with Gasteiger partial charge in [0.25, 0.3) is 0 Å². The SMILES string of the molecule is C[C@H]1[C@H]2O[C@H]2C(=O)[C@@]2(C)CC[C@@H]3[C@@H](OC(=O)[C@@]3(C)O)[C@H]12. The molecule has 0 aromatic carbocycles. The van der Waals surface area contributed by atoms with Gasteiger partial charge in [-0.1, -0.05) is 13.8 Å². The number of carbonyl (C=O) groups is 2. The van der Waals surface area contributed by atoms with Gasteiger partial charge >= 0.3 is 5.97 Å². The number of aliphatic hydroxyl groups is 1. The van der Waals surface area contributed by atoms with E-state index in [9.17, 15) is 14.7 Å². The number of esters is 1. The van der Waals surface area contributed by atoms with Crippen molar-refractivity contribution in [1.82, 2.24) is 0 Å². The molecule has 20 heavy (non-hydrogen) atoms. The van der Waals surface area contributed by atoms with Gasteiger partial charge in [-0.15, -0.1) is 0 Å². The lowest BCUT2D eigenvalue weighted by atomic mass is 9.52. The van der Waals surface area contributed by atoms with Gasteiger partial charge in [0.15, 0.2) is 11.4 Å². The molecule has 5 heteroatoms. The van der Waals surface area contributed by atoms with Crippen LogP contribution >= 0.6 is 0 Å². The maximum Gasteiger partial charge on any atom is 0.338 e. The Bertz CT molecular complexity index is 512. The molecule has 5 nitrogen and oxygen atoms in total. The molecule has 4 rings (SSSR count). The van der Waals surface area contributed by atoms with Crippen molar-refractivity contribution >= 4 is 11.8 Å². The van der Waals surface area contributed by atoms with Crippen molar-refractivity contribution in [3.63, 3.8) is 0 Å². The molecule has 4 aliphatic rings. The van der Waals surface area contributed by atoms with Crippen LogP contribution in [0.1, 0.15) is 33.6 Å². The maximum atomic E-state index is 12.6. The van der Waals surface area contributed by atoms with Gasteiger partial charge in [-0.2, -0.15) is 0 Å². The van der Waals surface area contributed by atoms with Crippen molar-refractivity contribution in [2.24, 2.45) is 23.2 Å². The van der Waals surface area contributed by atoms with E-state index in [2.05, 4.69) is 6.92 Å². The summed E-state index contributed by atoms with van der Waals surface area (Å²) in [5.41, 5.74) is -1.91. The predicted molar refractivity (Wildman–Crippen MR) is 67.7 cm³/mol. The molecule has 0 aromatic heterocycles. The number of hydrogen-bond acceptors (Lipinski definition) is 5. The van der Waals surface area contributed by atoms with Gasteiger partial charge in [0.05, 0.1) is 6.10 Å². The summed E-state index contributed by atoms with van der Waals surface area (Å²) in [5.74, 6) is -0.465. The normalized spacial score (nSPS) is 60.4. The van der Waals surface area contributed by atoms with Gasteiger partial charge in [-0.25, -0.2) is 4.79 Å². The lowest BCUT2D eigenvalue weighted by molar-refractivity contribution is -0.160. The Balaban J connectivity index is 1.77. The third kappa shape index (κ3) is 1.26. The van der Waals surface area contributed by atoms with E-state index < -0.39 is 17.0 Å². The van der Waals surface area contributed by atoms with Crippen molar-refractivity contribution in [1.29, 1.82) is 0 Å². The average Bonchev–Trinajstić information content (AvgIpc) is 3.12. The molecule has 0 spiro atoms. The van der Waals surface area contributed by atoms with Crippen LogP contribution in [0.5, 0.6) is 0 Å². The fourth-order valence-electron chi connectivity index (χ4n) is 4.98. The summed E-state index contributed by atoms with van der Waals surface area (Å²) >= 11 is 0. The summed E-state index contributed by atoms with van der Waals surface area (Å²) in [7, 11) is 0. The topological polar surface area (TPSA) is 76.1 Å². The van der Waals surface area contributed by atoms with Crippen LogP contribution in [-0.2, 0) is 19.1 Å². The molecule has 0 radical (unpaired) electrons. The molecular weight excluding hydrogens is 260 g/mol. The number of rotatable bonds is 0. The Hall–Kier alpha value is -0.940. The molecule has 2 aliphatic heterocycles. The molecule has 2 heterocycles. The minimum absolute atomic E-state index is 0.0245. The lowest BCUT2D eigenvalue weighted by Crippen LogP contribution is -2.58. The van der Waals surface area contributed by atoms with Gasteiger partial charge in [0.1, 0.15) is 12.2 Å². The van der Waals surface area contributed by atoms with E-state index in [1.165, 1.54) is 6.92 Å². The molecule has 2 saturated carbocycles. The van der Waals surface area contributed by atoms with E-state index in [0.717, 1.165) is 0 Å². The minimum atomic E-state index is -1.42. The summed E-state index contributed by atoms with van der Waals surface area (Å²) in [6.07, 6.45) is 0.706. The van der Waals surface area contributed by atoms with Crippen LogP contribution in [0.15, 0.2) is 0 Å². The third-order valence-electron chi connectivity index (χ3n) is 6.27. The number of hydrogen-bond donors (Lipinski definition) is 1. The summed E-state index contributed by atoms with van der Waals surface area (Å²) in [6, 6.07) is 0. The highest BCUT2D eigenvalue weighted by molar-refractivity contribution is 5.93. The molecule has 2 saturated heterocycles. The molecule has 110 valence electrons. The molecule has 1 N–H and O–H groups in total. The first-order valence-electron chi connectivity index (χ1n) is 7.41. The Morgan fingerprint density at radius 1 is 1.25 bits per heavy atom. The minimum Gasteiger partial charge on any atom is -0.459 e. The second-order valence-corrected chi connectivity index (χ2v) is 7.35. The first-order valence-corrected chi connectivity index (χ1v) is 7.41. The largest absolute Gasteiger partial charge is 0.459 e. The van der Waals surface area contributed by atoms with Crippen LogP contribution < -0.4 is 0 Å². The molecule has 8 atom stereocenters. The van der Waals surface area contributed by atoms with Crippen LogP contribution in [0, 0.1) is 23.2 Å². The first-order chi connectivity index (χ1) is 9.28. The van der Waals surface area contributed by atoms with Crippen LogP contribution in [0.4, 0.5) is 0 Å². The number of Topliss-reactive ketones (excluding diaryl/α,β-unsaturated/α-hetero) is 1. The highest BCUT2D eigenvalue weighted by Gasteiger charge is 2.71. The summed E-state index contributed by atoms with van der Waals surface area (Å²) in [4.78, 5) is 24.5. The van der Waals surface area contributed by atoms with Crippen molar-refractivity contribution in [3.05, 3.63) is 0 Å². The van der Waals surface area contributed by atoms with E-state index in [-0.39, 0.29) is 41.8 Å². The zero-order valence-corrected chi connectivity index (χ0v) is 12.0. The Morgan fingerprint density at radius 2 is 1.95 bits per heavy atom. The quantitative estimate of drug-likeness (QED) is 0.521. The average molecular weight is 280 g/mol. The molecule has 0 aromatic rings. The Labute approximate surface area is 117 Å². The summed E-state index contributed by atoms with van der Waals surface area (Å²) < 4.78 is 11.0. The number of epoxide rings is 1. The smallest absolute Gasteiger partial charge is 0.338 e. The maximum absolute atomic E-state index is 12.6. The number of carbonyl (C=O) groups excluding carboxylic acids is 2. The standard InChI is InChI=1S/C15H20O5/c1-6-8-10-7(15(3,18)13(17)20-10)4-5-14(8,2)12(16)11-9(6)19-11/h6-11,18H,4-5H2,1-3H3/t6-,7-,8+,9-,10-,11-,14+,15+/m1/s1. The second-order valence-electron chi connectivity index (χ2n) is 7.35. The van der Waals surface area contributed by atoms with Crippen molar-refractivity contribution < 1.29 is 24.2 Å². The molecular formula is C15H20O5. The van der Waals surface area contributed by atoms with E-state index in [0.29, 0.717) is 12.8 Å². The predicted octanol–water partition coefficient (Wildman–Crippen LogP) is 0.681. The van der Waals surface area contributed by atoms with Gasteiger partial charge in [-0.3, -0.25) is 4.79 Å². The zero-order valence-electron chi connectivity index (χ0n) is 12.0. The lowest BCUT2D eigenvalue weighted by Gasteiger charge is -2.50. The van der Waals surface area contributed by atoms with Gasteiger partial charge in [0, 0.05) is 17.3 Å². The highest BCUT2D eigenvalue weighted by atomic mass is 16.6. The Kier molecular flexibility index (Phi) is 2.20. The highest BCUT2D eigenvalue weighted by Crippen LogP contribution is 2.60. The first kappa shape index (κ1) is 12.8. The van der Waals surface area contributed by atoms with E-state index in [1.807, 2.05) is 6.92 Å². The van der Waals surface area contributed by atoms with Crippen LogP contribution in [-0.4, -0.2) is 40.8 Å². The summed E-state index contributed by atoms with van der Waals surface area (Å²) in [5, 5.41) is 10.4. The van der Waals surface area contributed by atoms with Gasteiger partial charge in [0.2, 0.25) is 0 Å². The fourth-order valence-corrected chi connectivity index (χ4v) is 4.98. The monoisotopic (exact) mass is 280 g/mol. The van der Waals surface area contributed by atoms with E-state index >= 15 is 0 Å². The van der Waals surface area contributed by atoms with Crippen LogP contribution in [0.25, 0.3) is 0 Å². The molecule has 0 amide bonds. The molecule has 0 bridgehead atoms. The molecule has 2 aliphatic carbocycles. The van der Waals surface area contributed by atoms with Crippen LogP contribution in [0.3, 0.4) is 0 Å².